The van der Waals surface area contributed by atoms with Crippen molar-refractivity contribution in [3.63, 3.8) is 0 Å². The van der Waals surface area contributed by atoms with Gasteiger partial charge in [-0.1, -0.05) is 38.1 Å². The Kier molecular flexibility index (Phi) is 3.14. The Morgan fingerprint density at radius 2 is 1.72 bits per heavy atom. The van der Waals surface area contributed by atoms with Gasteiger partial charge in [0, 0.05) is 10.8 Å². The lowest BCUT2D eigenvalue weighted by Gasteiger charge is -2.15. The van der Waals surface area contributed by atoms with Gasteiger partial charge >= 0.3 is 0 Å². The Bertz CT molecular complexity index is 1600. The monoisotopic (exact) mass is 378 g/mol. The highest BCUT2D eigenvalue weighted by molar-refractivity contribution is 6.26. The summed E-state index contributed by atoms with van der Waals surface area (Å²) in [6, 6.07) is 15.7. The van der Waals surface area contributed by atoms with Crippen molar-refractivity contribution in [3.8, 4) is 0 Å². The first-order valence-electron chi connectivity index (χ1n) is 10.3. The normalized spacial score (nSPS) is 12.6. The summed E-state index contributed by atoms with van der Waals surface area (Å²) in [7, 11) is 2.12. The Hall–Kier alpha value is -3.20. The average molecular weight is 378 g/mol. The van der Waals surface area contributed by atoms with E-state index >= 15 is 0 Å². The maximum Gasteiger partial charge on any atom is 0.287 e. The predicted molar refractivity (Wildman–Crippen MR) is 121 cm³/mol. The lowest BCUT2D eigenvalue weighted by atomic mass is 9.97. The zero-order chi connectivity index (χ0) is 20.0. The maximum absolute atomic E-state index is 4.74. The second-order valence-electron chi connectivity index (χ2n) is 8.70. The lowest BCUT2D eigenvalue weighted by Crippen LogP contribution is -2.30. The van der Waals surface area contributed by atoms with Gasteiger partial charge in [-0.15, -0.1) is 0 Å². The van der Waals surface area contributed by atoms with Gasteiger partial charge in [-0.05, 0) is 59.6 Å². The number of fused-ring (bicyclic) bond motifs is 5. The van der Waals surface area contributed by atoms with Gasteiger partial charge in [0.05, 0.1) is 34.4 Å². The van der Waals surface area contributed by atoms with Crippen molar-refractivity contribution in [2.24, 2.45) is 7.05 Å². The van der Waals surface area contributed by atoms with Crippen LogP contribution in [0, 0.1) is 13.8 Å². The molecule has 0 aliphatic rings. The van der Waals surface area contributed by atoms with E-state index in [0.717, 1.165) is 5.52 Å². The van der Waals surface area contributed by atoms with E-state index in [1.165, 1.54) is 60.3 Å². The first-order valence-corrected chi connectivity index (χ1v) is 10.3. The highest BCUT2D eigenvalue weighted by Gasteiger charge is 2.25. The first kappa shape index (κ1) is 16.7. The molecule has 6 aromatic rings. The van der Waals surface area contributed by atoms with Gasteiger partial charge in [0.1, 0.15) is 5.52 Å². The number of hydrogen-bond donors (Lipinski definition) is 0. The van der Waals surface area contributed by atoms with Gasteiger partial charge < -0.3 is 4.40 Å². The molecule has 29 heavy (non-hydrogen) atoms. The van der Waals surface area contributed by atoms with Crippen molar-refractivity contribution < 1.29 is 4.57 Å². The van der Waals surface area contributed by atoms with Crippen molar-refractivity contribution in [2.75, 3.05) is 0 Å². The summed E-state index contributed by atoms with van der Waals surface area (Å²) >= 11 is 0. The Labute approximate surface area is 169 Å². The number of benzene rings is 3. The van der Waals surface area contributed by atoms with Gasteiger partial charge in [0.25, 0.3) is 6.33 Å². The summed E-state index contributed by atoms with van der Waals surface area (Å²) in [6.07, 6.45) is 1.95. The van der Waals surface area contributed by atoms with Crippen LogP contribution < -0.4 is 4.57 Å². The summed E-state index contributed by atoms with van der Waals surface area (Å²) < 4.78 is 4.70. The van der Waals surface area contributed by atoms with Crippen molar-refractivity contribution in [3.05, 3.63) is 65.5 Å². The number of aryl methyl sites for hydroxylation is 3. The van der Waals surface area contributed by atoms with E-state index < -0.39 is 0 Å². The number of hydrogen-bond acceptors (Lipinski definition) is 1. The third-order valence-electron chi connectivity index (χ3n) is 6.70. The second-order valence-corrected chi connectivity index (χ2v) is 8.70. The fourth-order valence-corrected chi connectivity index (χ4v) is 5.23. The number of rotatable bonds is 1. The number of aromatic nitrogens is 3. The minimum Gasteiger partial charge on any atom is -0.307 e. The Morgan fingerprint density at radius 3 is 2.52 bits per heavy atom. The molecule has 142 valence electrons. The molecular formula is C26H24N3+. The fraction of sp³-hybridized carbons (Fsp3) is 0.231. The summed E-state index contributed by atoms with van der Waals surface area (Å²) in [5.74, 6) is 0.454. The fourth-order valence-electron chi connectivity index (χ4n) is 5.23. The smallest absolute Gasteiger partial charge is 0.287 e. The van der Waals surface area contributed by atoms with Crippen LogP contribution in [0.4, 0.5) is 0 Å². The molecule has 0 saturated carbocycles. The predicted octanol–water partition coefficient (Wildman–Crippen LogP) is 5.95. The molecule has 0 atom stereocenters. The first-order chi connectivity index (χ1) is 14.0. The molecule has 0 bridgehead atoms. The molecule has 3 nitrogen and oxygen atoms in total. The van der Waals surface area contributed by atoms with E-state index in [0.29, 0.717) is 5.92 Å². The van der Waals surface area contributed by atoms with Crippen LogP contribution in [0.3, 0.4) is 0 Å². The molecular weight excluding hydrogens is 354 g/mol. The molecule has 0 unspecified atom stereocenters. The van der Waals surface area contributed by atoms with E-state index in [2.05, 4.69) is 86.2 Å². The summed E-state index contributed by atoms with van der Waals surface area (Å²) in [4.78, 5) is 4.74. The van der Waals surface area contributed by atoms with Crippen molar-refractivity contribution >= 4 is 49.1 Å². The topological polar surface area (TPSA) is 21.2 Å². The third kappa shape index (κ3) is 1.93. The van der Waals surface area contributed by atoms with Gasteiger partial charge in [-0.2, -0.15) is 0 Å². The van der Waals surface area contributed by atoms with Crippen molar-refractivity contribution in [2.45, 2.75) is 33.6 Å². The molecule has 0 amide bonds. The minimum atomic E-state index is 0.454. The molecule has 0 aliphatic carbocycles. The van der Waals surface area contributed by atoms with E-state index in [1.807, 2.05) is 6.33 Å². The third-order valence-corrected chi connectivity index (χ3v) is 6.70. The van der Waals surface area contributed by atoms with Gasteiger partial charge in [-0.3, -0.25) is 0 Å². The second kappa shape index (κ2) is 5.44. The zero-order valence-electron chi connectivity index (χ0n) is 17.5. The van der Waals surface area contributed by atoms with Crippen LogP contribution in [-0.2, 0) is 7.05 Å². The Balaban J connectivity index is 2.14. The molecule has 0 saturated heterocycles. The van der Waals surface area contributed by atoms with Gasteiger partial charge in [0.2, 0.25) is 0 Å². The van der Waals surface area contributed by atoms with Gasteiger partial charge in [0.15, 0.2) is 5.52 Å². The Morgan fingerprint density at radius 1 is 0.931 bits per heavy atom. The van der Waals surface area contributed by atoms with Crippen LogP contribution in [-0.4, -0.2) is 9.38 Å². The van der Waals surface area contributed by atoms with E-state index in [1.54, 1.807) is 0 Å². The van der Waals surface area contributed by atoms with Crippen LogP contribution in [0.15, 0.2) is 48.8 Å². The van der Waals surface area contributed by atoms with Crippen molar-refractivity contribution in [1.29, 1.82) is 0 Å². The minimum absolute atomic E-state index is 0.454. The molecule has 0 fully saturated rings. The summed E-state index contributed by atoms with van der Waals surface area (Å²) in [5.41, 5.74) is 10.3. The van der Waals surface area contributed by atoms with E-state index in [4.69, 9.17) is 4.98 Å². The molecule has 0 spiro atoms. The highest BCUT2D eigenvalue weighted by atomic mass is 15.0. The molecule has 3 aromatic carbocycles. The van der Waals surface area contributed by atoms with Crippen LogP contribution >= 0.6 is 0 Å². The quantitative estimate of drug-likeness (QED) is 0.197. The SMILES string of the molecule is Cc1cc2c3cccc(C(C)C)c3n3c4cccc5nc[n+](C)c(c(c1C)c23)c54. The number of pyridine rings is 1. The van der Waals surface area contributed by atoms with Crippen LogP contribution in [0.25, 0.3) is 49.1 Å². The van der Waals surface area contributed by atoms with Crippen molar-refractivity contribution in [1.82, 2.24) is 9.38 Å². The standard InChI is InChI=1S/C26H24N3/c1-14(2)17-8-6-9-18-19-12-15(3)16(4)22-25(19)29(24(17)18)21-11-7-10-20-23(21)26(22)28(5)13-27-20/h6-14H,1-5H3/q+1. The molecule has 0 radical (unpaired) electrons. The summed E-state index contributed by atoms with van der Waals surface area (Å²) in [6.45, 7) is 9.07. The molecule has 3 aromatic heterocycles. The molecule has 0 aliphatic heterocycles. The van der Waals surface area contributed by atoms with E-state index in [-0.39, 0.29) is 0 Å². The molecule has 6 rings (SSSR count). The maximum atomic E-state index is 4.74. The van der Waals surface area contributed by atoms with E-state index in [9.17, 15) is 0 Å². The highest BCUT2D eigenvalue weighted by Crippen LogP contribution is 2.42. The lowest BCUT2D eigenvalue weighted by molar-refractivity contribution is -0.646. The van der Waals surface area contributed by atoms with Crippen LogP contribution in [0.2, 0.25) is 0 Å². The average Bonchev–Trinajstić information content (AvgIpc) is 3.04. The zero-order valence-corrected chi connectivity index (χ0v) is 17.5. The van der Waals surface area contributed by atoms with Crippen LogP contribution in [0.5, 0.6) is 0 Å². The molecule has 0 N–H and O–H groups in total. The van der Waals surface area contributed by atoms with Gasteiger partial charge in [-0.25, -0.2) is 4.57 Å². The molecule has 3 heteroatoms. The van der Waals surface area contributed by atoms with Crippen LogP contribution in [0.1, 0.15) is 36.5 Å². The largest absolute Gasteiger partial charge is 0.307 e. The number of para-hydroxylation sites is 1. The number of nitrogens with zero attached hydrogens (tertiary/aromatic N) is 3. The molecule has 3 heterocycles. The summed E-state index contributed by atoms with van der Waals surface area (Å²) in [5, 5.41) is 5.28.